The van der Waals surface area contributed by atoms with Crippen molar-refractivity contribution < 1.29 is 9.47 Å². The van der Waals surface area contributed by atoms with Crippen LogP contribution in [0, 0.1) is 0 Å². The lowest BCUT2D eigenvalue weighted by Gasteiger charge is -2.14. The van der Waals surface area contributed by atoms with Crippen LogP contribution in [0.5, 0.6) is 11.5 Å². The van der Waals surface area contributed by atoms with E-state index in [1.54, 1.807) is 7.11 Å². The van der Waals surface area contributed by atoms with Crippen molar-refractivity contribution in [2.75, 3.05) is 20.3 Å². The molecule has 3 heteroatoms. The Morgan fingerprint density at radius 1 is 1.00 bits per heavy atom. The standard InChI is InChI=1S/C18H23NO2/c1-3-21-17-11-7-10-16(18(17)20-2)14-19-13-12-15-8-5-4-6-9-15/h4-11,19H,3,12-14H2,1-2H3. The summed E-state index contributed by atoms with van der Waals surface area (Å²) < 4.78 is 11.1. The highest BCUT2D eigenvalue weighted by Gasteiger charge is 2.09. The first-order chi connectivity index (χ1) is 10.3. The molecule has 0 aliphatic rings. The van der Waals surface area contributed by atoms with Crippen molar-refractivity contribution >= 4 is 0 Å². The fourth-order valence-electron chi connectivity index (χ4n) is 2.30. The Balaban J connectivity index is 1.89. The lowest BCUT2D eigenvalue weighted by molar-refractivity contribution is 0.308. The van der Waals surface area contributed by atoms with E-state index in [4.69, 9.17) is 9.47 Å². The van der Waals surface area contributed by atoms with Crippen LogP contribution in [0.4, 0.5) is 0 Å². The maximum atomic E-state index is 5.59. The van der Waals surface area contributed by atoms with E-state index in [0.29, 0.717) is 6.61 Å². The third-order valence-corrected chi connectivity index (χ3v) is 3.31. The Bertz CT molecular complexity index is 540. The van der Waals surface area contributed by atoms with Gasteiger partial charge in [-0.05, 0) is 31.5 Å². The molecule has 112 valence electrons. The Morgan fingerprint density at radius 2 is 1.81 bits per heavy atom. The lowest BCUT2D eigenvalue weighted by Crippen LogP contribution is -2.17. The average Bonchev–Trinajstić information content (AvgIpc) is 2.53. The average molecular weight is 285 g/mol. The van der Waals surface area contributed by atoms with Gasteiger partial charge in [0.25, 0.3) is 0 Å². The number of benzene rings is 2. The van der Waals surface area contributed by atoms with Crippen molar-refractivity contribution in [2.45, 2.75) is 19.9 Å². The van der Waals surface area contributed by atoms with Crippen LogP contribution in [-0.2, 0) is 13.0 Å². The van der Waals surface area contributed by atoms with Gasteiger partial charge in [0, 0.05) is 12.1 Å². The van der Waals surface area contributed by atoms with Crippen molar-refractivity contribution in [3.05, 3.63) is 59.7 Å². The molecule has 1 N–H and O–H groups in total. The molecule has 0 aliphatic carbocycles. The quantitative estimate of drug-likeness (QED) is 0.754. The molecule has 0 atom stereocenters. The third kappa shape index (κ3) is 4.50. The van der Waals surface area contributed by atoms with Crippen LogP contribution in [-0.4, -0.2) is 20.3 Å². The smallest absolute Gasteiger partial charge is 0.165 e. The number of methoxy groups -OCH3 is 1. The highest BCUT2D eigenvalue weighted by atomic mass is 16.5. The number of hydrogen-bond acceptors (Lipinski definition) is 3. The van der Waals surface area contributed by atoms with Gasteiger partial charge in [-0.25, -0.2) is 0 Å². The molecule has 0 fully saturated rings. The Labute approximate surface area is 126 Å². The maximum Gasteiger partial charge on any atom is 0.165 e. The van der Waals surface area contributed by atoms with Gasteiger partial charge in [0.05, 0.1) is 13.7 Å². The van der Waals surface area contributed by atoms with Gasteiger partial charge in [0.15, 0.2) is 11.5 Å². The molecule has 0 radical (unpaired) electrons. The van der Waals surface area contributed by atoms with Crippen LogP contribution < -0.4 is 14.8 Å². The molecule has 21 heavy (non-hydrogen) atoms. The number of rotatable bonds is 8. The fraction of sp³-hybridized carbons (Fsp3) is 0.333. The van der Waals surface area contributed by atoms with Gasteiger partial charge in [-0.3, -0.25) is 0 Å². The van der Waals surface area contributed by atoms with E-state index in [1.807, 2.05) is 25.1 Å². The molecule has 2 rings (SSSR count). The van der Waals surface area contributed by atoms with Gasteiger partial charge in [-0.15, -0.1) is 0 Å². The SMILES string of the molecule is CCOc1cccc(CNCCc2ccccc2)c1OC. The number of para-hydroxylation sites is 1. The first-order valence-corrected chi connectivity index (χ1v) is 7.38. The molecule has 0 saturated carbocycles. The van der Waals surface area contributed by atoms with E-state index in [1.165, 1.54) is 5.56 Å². The van der Waals surface area contributed by atoms with Crippen LogP contribution in [0.2, 0.25) is 0 Å². The predicted molar refractivity (Wildman–Crippen MR) is 86.0 cm³/mol. The zero-order valence-electron chi connectivity index (χ0n) is 12.8. The fourth-order valence-corrected chi connectivity index (χ4v) is 2.30. The second-order valence-electron chi connectivity index (χ2n) is 4.79. The van der Waals surface area contributed by atoms with Gasteiger partial charge < -0.3 is 14.8 Å². The minimum atomic E-state index is 0.640. The predicted octanol–water partition coefficient (Wildman–Crippen LogP) is 3.43. The molecule has 2 aromatic carbocycles. The molecule has 0 saturated heterocycles. The second kappa shape index (κ2) is 8.32. The van der Waals surface area contributed by atoms with E-state index in [9.17, 15) is 0 Å². The van der Waals surface area contributed by atoms with Crippen molar-refractivity contribution in [3.63, 3.8) is 0 Å². The summed E-state index contributed by atoms with van der Waals surface area (Å²) >= 11 is 0. The van der Waals surface area contributed by atoms with Crippen molar-refractivity contribution in [3.8, 4) is 11.5 Å². The summed E-state index contributed by atoms with van der Waals surface area (Å²) in [6, 6.07) is 16.5. The normalized spacial score (nSPS) is 10.4. The highest BCUT2D eigenvalue weighted by Crippen LogP contribution is 2.30. The molecule has 2 aromatic rings. The minimum Gasteiger partial charge on any atom is -0.493 e. The minimum absolute atomic E-state index is 0.640. The number of ether oxygens (including phenoxy) is 2. The van der Waals surface area contributed by atoms with Crippen LogP contribution in [0.25, 0.3) is 0 Å². The van der Waals surface area contributed by atoms with E-state index in [2.05, 4.69) is 35.6 Å². The monoisotopic (exact) mass is 285 g/mol. The molecule has 0 amide bonds. The van der Waals surface area contributed by atoms with Crippen molar-refractivity contribution in [1.82, 2.24) is 5.32 Å². The van der Waals surface area contributed by atoms with Crippen molar-refractivity contribution in [1.29, 1.82) is 0 Å². The Hall–Kier alpha value is -2.00. The summed E-state index contributed by atoms with van der Waals surface area (Å²) in [6.07, 6.45) is 1.02. The van der Waals surface area contributed by atoms with Crippen LogP contribution in [0.15, 0.2) is 48.5 Å². The molecule has 0 aliphatic heterocycles. The third-order valence-electron chi connectivity index (χ3n) is 3.31. The van der Waals surface area contributed by atoms with Gasteiger partial charge >= 0.3 is 0 Å². The molecule has 0 unspecified atom stereocenters. The van der Waals surface area contributed by atoms with E-state index in [-0.39, 0.29) is 0 Å². The zero-order chi connectivity index (χ0) is 14.9. The van der Waals surface area contributed by atoms with Crippen molar-refractivity contribution in [2.24, 2.45) is 0 Å². The molecule has 0 spiro atoms. The van der Waals surface area contributed by atoms with Gasteiger partial charge in [0.1, 0.15) is 0 Å². The van der Waals surface area contributed by atoms with Gasteiger partial charge in [-0.1, -0.05) is 42.5 Å². The summed E-state index contributed by atoms with van der Waals surface area (Å²) in [5, 5.41) is 3.46. The molecular weight excluding hydrogens is 262 g/mol. The molecular formula is C18H23NO2. The summed E-state index contributed by atoms with van der Waals surface area (Å²) in [5.74, 6) is 1.63. The first-order valence-electron chi connectivity index (χ1n) is 7.38. The Kier molecular flexibility index (Phi) is 6.10. The van der Waals surface area contributed by atoms with Gasteiger partial charge in [0.2, 0.25) is 0 Å². The van der Waals surface area contributed by atoms with E-state index < -0.39 is 0 Å². The molecule has 0 aromatic heterocycles. The molecule has 0 heterocycles. The largest absolute Gasteiger partial charge is 0.493 e. The zero-order valence-corrected chi connectivity index (χ0v) is 12.8. The summed E-state index contributed by atoms with van der Waals surface area (Å²) in [4.78, 5) is 0. The van der Waals surface area contributed by atoms with Crippen LogP contribution >= 0.6 is 0 Å². The number of nitrogens with one attached hydrogen (secondary N) is 1. The summed E-state index contributed by atoms with van der Waals surface area (Å²) in [5.41, 5.74) is 2.47. The van der Waals surface area contributed by atoms with Crippen LogP contribution in [0.1, 0.15) is 18.1 Å². The summed E-state index contributed by atoms with van der Waals surface area (Å²) in [7, 11) is 1.69. The topological polar surface area (TPSA) is 30.5 Å². The Morgan fingerprint density at radius 3 is 2.52 bits per heavy atom. The lowest BCUT2D eigenvalue weighted by atomic mass is 10.1. The maximum absolute atomic E-state index is 5.59. The van der Waals surface area contributed by atoms with E-state index >= 15 is 0 Å². The molecule has 0 bridgehead atoms. The van der Waals surface area contributed by atoms with Gasteiger partial charge in [-0.2, -0.15) is 0 Å². The molecule has 3 nitrogen and oxygen atoms in total. The number of hydrogen-bond donors (Lipinski definition) is 1. The highest BCUT2D eigenvalue weighted by molar-refractivity contribution is 5.46. The first kappa shape index (κ1) is 15.4. The summed E-state index contributed by atoms with van der Waals surface area (Å²) in [6.45, 7) is 4.33. The second-order valence-corrected chi connectivity index (χ2v) is 4.79. The van der Waals surface area contributed by atoms with E-state index in [0.717, 1.165) is 36.6 Å². The van der Waals surface area contributed by atoms with Crippen LogP contribution in [0.3, 0.4) is 0 Å².